The smallest absolute Gasteiger partial charge is 0.234 e. The minimum absolute atomic E-state index is 0.101. The van der Waals surface area contributed by atoms with Crippen LogP contribution in [0.4, 0.5) is 0 Å². The molecule has 0 spiro atoms. The quantitative estimate of drug-likeness (QED) is 0.878. The second-order valence-corrected chi connectivity index (χ2v) is 6.27. The third kappa shape index (κ3) is 5.11. The summed E-state index contributed by atoms with van der Waals surface area (Å²) in [6, 6.07) is 10.3. The summed E-state index contributed by atoms with van der Waals surface area (Å²) >= 11 is 0. The van der Waals surface area contributed by atoms with Crippen molar-refractivity contribution in [2.45, 2.75) is 51.9 Å². The van der Waals surface area contributed by atoms with Crippen LogP contribution in [0.3, 0.4) is 0 Å². The lowest BCUT2D eigenvalue weighted by atomic mass is 10.0. The van der Waals surface area contributed by atoms with Gasteiger partial charge in [0.05, 0.1) is 24.8 Å². The number of rotatable bonds is 6. The third-order valence-electron chi connectivity index (χ3n) is 3.98. The molecule has 0 bridgehead atoms. The van der Waals surface area contributed by atoms with Crippen molar-refractivity contribution < 1.29 is 9.53 Å². The number of nitrogens with one attached hydrogen (secondary N) is 1. The van der Waals surface area contributed by atoms with Gasteiger partial charge in [-0.15, -0.1) is 0 Å². The molecule has 0 radical (unpaired) electrons. The Labute approximate surface area is 133 Å². The molecule has 1 fully saturated rings. The van der Waals surface area contributed by atoms with Gasteiger partial charge in [-0.05, 0) is 25.8 Å². The fourth-order valence-electron chi connectivity index (χ4n) is 3.15. The number of ether oxygens (including phenoxy) is 1. The van der Waals surface area contributed by atoms with Crippen molar-refractivity contribution in [3.63, 3.8) is 0 Å². The molecule has 4 heteroatoms. The number of amides is 1. The van der Waals surface area contributed by atoms with Crippen molar-refractivity contribution in [1.29, 1.82) is 0 Å². The van der Waals surface area contributed by atoms with Crippen molar-refractivity contribution in [3.05, 3.63) is 35.9 Å². The molecule has 1 aliphatic rings. The molecule has 22 heavy (non-hydrogen) atoms. The molecule has 3 unspecified atom stereocenters. The second kappa shape index (κ2) is 8.30. The third-order valence-corrected chi connectivity index (χ3v) is 3.98. The highest BCUT2D eigenvalue weighted by molar-refractivity contribution is 5.78. The van der Waals surface area contributed by atoms with E-state index in [-0.39, 0.29) is 24.2 Å². The highest BCUT2D eigenvalue weighted by Gasteiger charge is 2.24. The van der Waals surface area contributed by atoms with E-state index < -0.39 is 0 Å². The summed E-state index contributed by atoms with van der Waals surface area (Å²) in [6.45, 7) is 8.36. The van der Waals surface area contributed by atoms with Crippen LogP contribution in [-0.4, -0.2) is 42.6 Å². The topological polar surface area (TPSA) is 41.6 Å². The number of hydrogen-bond acceptors (Lipinski definition) is 3. The molecule has 1 aromatic carbocycles. The van der Waals surface area contributed by atoms with Gasteiger partial charge in [-0.3, -0.25) is 9.69 Å². The fraction of sp³-hybridized carbons (Fsp3) is 0.611. The van der Waals surface area contributed by atoms with Crippen LogP contribution in [0.1, 0.15) is 45.2 Å². The molecule has 122 valence electrons. The predicted molar refractivity (Wildman–Crippen MR) is 88.7 cm³/mol. The van der Waals surface area contributed by atoms with Crippen molar-refractivity contribution >= 4 is 5.91 Å². The van der Waals surface area contributed by atoms with Gasteiger partial charge in [0, 0.05) is 13.1 Å². The molecule has 1 aliphatic heterocycles. The van der Waals surface area contributed by atoms with Gasteiger partial charge in [0.15, 0.2) is 0 Å². The summed E-state index contributed by atoms with van der Waals surface area (Å²) in [7, 11) is 0. The molecule has 1 saturated heterocycles. The summed E-state index contributed by atoms with van der Waals surface area (Å²) in [5, 5.41) is 3.19. The van der Waals surface area contributed by atoms with E-state index in [9.17, 15) is 4.79 Å². The van der Waals surface area contributed by atoms with Crippen LogP contribution in [0.5, 0.6) is 0 Å². The number of benzene rings is 1. The SMILES string of the molecule is CCCC(NC(=O)CN1CC(C)OC(C)C1)c1ccccc1. The van der Waals surface area contributed by atoms with Crippen LogP contribution in [-0.2, 0) is 9.53 Å². The molecular weight excluding hydrogens is 276 g/mol. The van der Waals surface area contributed by atoms with Gasteiger partial charge in [-0.2, -0.15) is 0 Å². The minimum atomic E-state index is 0.101. The average Bonchev–Trinajstić information content (AvgIpc) is 2.46. The summed E-state index contributed by atoms with van der Waals surface area (Å²) in [4.78, 5) is 14.6. The first kappa shape index (κ1) is 17.0. The predicted octanol–water partition coefficient (Wildman–Crippen LogP) is 2.75. The van der Waals surface area contributed by atoms with Crippen LogP contribution in [0, 0.1) is 0 Å². The standard InChI is InChI=1S/C18H28N2O2/c1-4-8-17(16-9-6-5-7-10-16)19-18(21)13-20-11-14(2)22-15(3)12-20/h5-7,9-10,14-15,17H,4,8,11-13H2,1-3H3,(H,19,21). The Morgan fingerprint density at radius 2 is 1.91 bits per heavy atom. The molecule has 2 rings (SSSR count). The van der Waals surface area contributed by atoms with E-state index in [1.807, 2.05) is 18.2 Å². The van der Waals surface area contributed by atoms with Crippen molar-refractivity contribution in [2.24, 2.45) is 0 Å². The monoisotopic (exact) mass is 304 g/mol. The van der Waals surface area contributed by atoms with Crippen molar-refractivity contribution in [3.8, 4) is 0 Å². The van der Waals surface area contributed by atoms with E-state index in [1.54, 1.807) is 0 Å². The second-order valence-electron chi connectivity index (χ2n) is 6.27. The average molecular weight is 304 g/mol. The largest absolute Gasteiger partial charge is 0.373 e. The first-order valence-corrected chi connectivity index (χ1v) is 8.30. The summed E-state index contributed by atoms with van der Waals surface area (Å²) in [5.41, 5.74) is 1.18. The fourth-order valence-corrected chi connectivity index (χ4v) is 3.15. The number of carbonyl (C=O) groups excluding carboxylic acids is 1. The van der Waals surface area contributed by atoms with Crippen molar-refractivity contribution in [2.75, 3.05) is 19.6 Å². The Morgan fingerprint density at radius 1 is 1.27 bits per heavy atom. The molecular formula is C18H28N2O2. The summed E-state index contributed by atoms with van der Waals surface area (Å²) in [5.74, 6) is 0.101. The summed E-state index contributed by atoms with van der Waals surface area (Å²) in [6.07, 6.45) is 2.39. The van der Waals surface area contributed by atoms with Crippen LogP contribution in [0.2, 0.25) is 0 Å². The van der Waals surface area contributed by atoms with Gasteiger partial charge >= 0.3 is 0 Å². The normalized spacial score (nSPS) is 24.0. The molecule has 0 saturated carbocycles. The Morgan fingerprint density at radius 3 is 2.50 bits per heavy atom. The Kier molecular flexibility index (Phi) is 6.40. The zero-order valence-corrected chi connectivity index (χ0v) is 13.9. The van der Waals surface area contributed by atoms with Gasteiger partial charge in [0.1, 0.15) is 0 Å². The Hall–Kier alpha value is -1.39. The number of carbonyl (C=O) groups is 1. The zero-order chi connectivity index (χ0) is 15.9. The van der Waals surface area contributed by atoms with Crippen LogP contribution in [0.25, 0.3) is 0 Å². The van der Waals surface area contributed by atoms with E-state index in [2.05, 4.69) is 43.1 Å². The first-order chi connectivity index (χ1) is 10.6. The number of nitrogens with zero attached hydrogens (tertiary/aromatic N) is 1. The lowest BCUT2D eigenvalue weighted by molar-refractivity contribution is -0.126. The molecule has 1 N–H and O–H groups in total. The lowest BCUT2D eigenvalue weighted by Crippen LogP contribution is -2.49. The molecule has 1 heterocycles. The van der Waals surface area contributed by atoms with E-state index in [1.165, 1.54) is 5.56 Å². The molecule has 0 aromatic heterocycles. The number of hydrogen-bond donors (Lipinski definition) is 1. The van der Waals surface area contributed by atoms with Gasteiger partial charge in [-0.25, -0.2) is 0 Å². The highest BCUT2D eigenvalue weighted by Crippen LogP contribution is 2.18. The number of morpholine rings is 1. The van der Waals surface area contributed by atoms with E-state index in [4.69, 9.17) is 4.74 Å². The van der Waals surface area contributed by atoms with E-state index in [0.29, 0.717) is 6.54 Å². The van der Waals surface area contributed by atoms with Gasteiger partial charge in [0.2, 0.25) is 5.91 Å². The van der Waals surface area contributed by atoms with Gasteiger partial charge in [-0.1, -0.05) is 43.7 Å². The van der Waals surface area contributed by atoms with E-state index >= 15 is 0 Å². The van der Waals surface area contributed by atoms with Gasteiger partial charge < -0.3 is 10.1 Å². The zero-order valence-electron chi connectivity index (χ0n) is 13.9. The van der Waals surface area contributed by atoms with Gasteiger partial charge in [0.25, 0.3) is 0 Å². The summed E-state index contributed by atoms with van der Waals surface area (Å²) < 4.78 is 5.71. The first-order valence-electron chi connectivity index (χ1n) is 8.30. The van der Waals surface area contributed by atoms with Crippen LogP contribution >= 0.6 is 0 Å². The maximum Gasteiger partial charge on any atom is 0.234 e. The maximum absolute atomic E-state index is 12.4. The molecule has 3 atom stereocenters. The maximum atomic E-state index is 12.4. The van der Waals surface area contributed by atoms with E-state index in [0.717, 1.165) is 25.9 Å². The highest BCUT2D eigenvalue weighted by atomic mass is 16.5. The molecule has 1 aromatic rings. The molecule has 0 aliphatic carbocycles. The van der Waals surface area contributed by atoms with Crippen molar-refractivity contribution in [1.82, 2.24) is 10.2 Å². The molecule has 4 nitrogen and oxygen atoms in total. The molecule has 1 amide bonds. The Balaban J connectivity index is 1.91. The Bertz CT molecular complexity index is 453. The lowest BCUT2D eigenvalue weighted by Gasteiger charge is -2.35. The van der Waals surface area contributed by atoms with Crippen LogP contribution < -0.4 is 5.32 Å². The van der Waals surface area contributed by atoms with Crippen LogP contribution in [0.15, 0.2) is 30.3 Å². The minimum Gasteiger partial charge on any atom is -0.373 e.